The highest BCUT2D eigenvalue weighted by atomic mass is 35.5. The highest BCUT2D eigenvalue weighted by molar-refractivity contribution is 7.80. The number of amides is 1. The molecule has 1 fully saturated rings. The molecule has 1 aliphatic rings. The number of rotatable bonds is 4. The number of nitrogens with one attached hydrogen (secondary N) is 3. The van der Waals surface area contributed by atoms with Gasteiger partial charge in [-0.15, -0.1) is 0 Å². The number of thiocarbonyl (C=S) groups is 1. The smallest absolute Gasteiger partial charge is 0.276 e. The summed E-state index contributed by atoms with van der Waals surface area (Å²) >= 11 is 11.0. The van der Waals surface area contributed by atoms with Crippen molar-refractivity contribution in [2.24, 2.45) is 11.8 Å². The van der Waals surface area contributed by atoms with Gasteiger partial charge in [0.15, 0.2) is 11.7 Å². The van der Waals surface area contributed by atoms with E-state index in [2.05, 4.69) is 30.0 Å². The first-order valence-corrected chi connectivity index (χ1v) is 8.98. The molecule has 0 bridgehead atoms. The minimum absolute atomic E-state index is 0.103. The molecule has 1 amide bonds. The number of carbonyl (C=O) groups is 1. The maximum Gasteiger partial charge on any atom is 0.276 e. The summed E-state index contributed by atoms with van der Waals surface area (Å²) in [6, 6.07) is 7.18. The Bertz CT molecular complexity index is 567. The second kappa shape index (κ2) is 9.08. The van der Waals surface area contributed by atoms with Crippen LogP contribution in [0.3, 0.4) is 0 Å². The molecule has 2 rings (SSSR count). The molecular formula is C17H24ClN3O2S. The van der Waals surface area contributed by atoms with E-state index < -0.39 is 0 Å². The predicted octanol–water partition coefficient (Wildman–Crippen LogP) is 3.04. The maximum atomic E-state index is 11.8. The Morgan fingerprint density at radius 1 is 1.25 bits per heavy atom. The fourth-order valence-electron chi connectivity index (χ4n) is 2.83. The lowest BCUT2D eigenvalue weighted by Crippen LogP contribution is -2.53. The van der Waals surface area contributed by atoms with E-state index in [1.165, 1.54) is 12.8 Å². The monoisotopic (exact) mass is 369 g/mol. The zero-order chi connectivity index (χ0) is 17.5. The molecule has 3 N–H and O–H groups in total. The highest BCUT2D eigenvalue weighted by Gasteiger charge is 2.27. The third-order valence-corrected chi connectivity index (χ3v) is 4.99. The first kappa shape index (κ1) is 18.8. The minimum Gasteiger partial charge on any atom is -0.484 e. The molecule has 0 radical (unpaired) electrons. The first-order chi connectivity index (χ1) is 11.5. The van der Waals surface area contributed by atoms with Crippen molar-refractivity contribution in [3.63, 3.8) is 0 Å². The molecule has 1 aromatic carbocycles. The van der Waals surface area contributed by atoms with E-state index in [0.29, 0.717) is 33.8 Å². The van der Waals surface area contributed by atoms with Gasteiger partial charge in [-0.1, -0.05) is 38.3 Å². The third kappa shape index (κ3) is 5.83. The lowest BCUT2D eigenvalue weighted by Gasteiger charge is -2.35. The number of halogens is 1. The van der Waals surface area contributed by atoms with Crippen molar-refractivity contribution in [1.82, 2.24) is 16.2 Å². The van der Waals surface area contributed by atoms with Gasteiger partial charge in [-0.3, -0.25) is 15.6 Å². The Labute approximate surface area is 153 Å². The SMILES string of the molecule is C[C@H]1[C@@H](NC(=S)NNC(=O)COc2ccc(Cl)cc2)CCC[C@@H]1C. The van der Waals surface area contributed by atoms with E-state index in [4.69, 9.17) is 28.6 Å². The molecule has 132 valence electrons. The normalized spacial score (nSPS) is 23.2. The number of carbonyl (C=O) groups excluding carboxylic acids is 1. The summed E-state index contributed by atoms with van der Waals surface area (Å²) in [7, 11) is 0. The fourth-order valence-corrected chi connectivity index (χ4v) is 3.16. The molecule has 5 nitrogen and oxygen atoms in total. The van der Waals surface area contributed by atoms with Gasteiger partial charge in [0, 0.05) is 11.1 Å². The van der Waals surface area contributed by atoms with E-state index in [1.54, 1.807) is 24.3 Å². The second-order valence-electron chi connectivity index (χ2n) is 6.26. The average molecular weight is 370 g/mol. The van der Waals surface area contributed by atoms with E-state index in [1.807, 2.05) is 0 Å². The minimum atomic E-state index is -0.306. The summed E-state index contributed by atoms with van der Waals surface area (Å²) in [5.74, 6) is 1.52. The number of benzene rings is 1. The number of hydrogen-bond acceptors (Lipinski definition) is 3. The van der Waals surface area contributed by atoms with Crippen molar-refractivity contribution in [3.8, 4) is 5.75 Å². The molecule has 1 aromatic rings. The predicted molar refractivity (Wildman–Crippen MR) is 99.9 cm³/mol. The lowest BCUT2D eigenvalue weighted by molar-refractivity contribution is -0.123. The zero-order valence-corrected chi connectivity index (χ0v) is 15.5. The van der Waals surface area contributed by atoms with Crippen molar-refractivity contribution < 1.29 is 9.53 Å². The van der Waals surface area contributed by atoms with Crippen LogP contribution in [-0.2, 0) is 4.79 Å². The Balaban J connectivity index is 1.67. The van der Waals surface area contributed by atoms with Gasteiger partial charge in [0.05, 0.1) is 0 Å². The maximum absolute atomic E-state index is 11.8. The van der Waals surface area contributed by atoms with Crippen molar-refractivity contribution in [3.05, 3.63) is 29.3 Å². The summed E-state index contributed by atoms with van der Waals surface area (Å²) in [5, 5.41) is 4.34. The molecule has 0 unspecified atom stereocenters. The fraction of sp³-hybridized carbons (Fsp3) is 0.529. The Hall–Kier alpha value is -1.53. The second-order valence-corrected chi connectivity index (χ2v) is 7.11. The van der Waals surface area contributed by atoms with Crippen molar-refractivity contribution in [1.29, 1.82) is 0 Å². The zero-order valence-electron chi connectivity index (χ0n) is 14.0. The lowest BCUT2D eigenvalue weighted by atomic mass is 9.78. The van der Waals surface area contributed by atoms with Crippen LogP contribution >= 0.6 is 23.8 Å². The molecule has 0 aromatic heterocycles. The van der Waals surface area contributed by atoms with Crippen LogP contribution in [0.25, 0.3) is 0 Å². The van der Waals surface area contributed by atoms with Gasteiger partial charge in [-0.05, 0) is 54.7 Å². The van der Waals surface area contributed by atoms with Crippen LogP contribution in [0.4, 0.5) is 0 Å². The van der Waals surface area contributed by atoms with Crippen LogP contribution in [-0.4, -0.2) is 23.7 Å². The quantitative estimate of drug-likeness (QED) is 0.562. The molecule has 1 saturated carbocycles. The van der Waals surface area contributed by atoms with Gasteiger partial charge in [-0.25, -0.2) is 0 Å². The van der Waals surface area contributed by atoms with Crippen molar-refractivity contribution >= 4 is 34.8 Å². The van der Waals surface area contributed by atoms with E-state index in [0.717, 1.165) is 6.42 Å². The molecule has 3 atom stereocenters. The number of hydrogen-bond donors (Lipinski definition) is 3. The molecule has 24 heavy (non-hydrogen) atoms. The largest absolute Gasteiger partial charge is 0.484 e. The van der Waals surface area contributed by atoms with Crippen LogP contribution in [0.5, 0.6) is 5.75 Å². The molecule has 0 aliphatic heterocycles. The standard InChI is InChI=1S/C17H24ClN3O2S/c1-11-4-3-5-15(12(11)2)19-17(24)21-20-16(22)10-23-14-8-6-13(18)7-9-14/h6-9,11-12,15H,3-5,10H2,1-2H3,(H,20,22)(H2,19,21,24)/t11-,12+,15-/m0/s1. The van der Waals surface area contributed by atoms with Crippen LogP contribution in [0.1, 0.15) is 33.1 Å². The van der Waals surface area contributed by atoms with Crippen LogP contribution in [0.15, 0.2) is 24.3 Å². The third-order valence-electron chi connectivity index (χ3n) is 4.52. The van der Waals surface area contributed by atoms with Crippen molar-refractivity contribution in [2.75, 3.05) is 6.61 Å². The molecule has 0 heterocycles. The molecule has 1 aliphatic carbocycles. The first-order valence-electron chi connectivity index (χ1n) is 8.19. The molecule has 0 saturated heterocycles. The number of hydrazine groups is 1. The van der Waals surface area contributed by atoms with Gasteiger partial charge >= 0.3 is 0 Å². The average Bonchev–Trinajstić information content (AvgIpc) is 2.56. The van der Waals surface area contributed by atoms with Gasteiger partial charge in [0.2, 0.25) is 0 Å². The Kier molecular flexibility index (Phi) is 7.12. The van der Waals surface area contributed by atoms with E-state index in [-0.39, 0.29) is 12.5 Å². The van der Waals surface area contributed by atoms with Crippen LogP contribution < -0.4 is 20.9 Å². The molecular weight excluding hydrogens is 346 g/mol. The van der Waals surface area contributed by atoms with E-state index >= 15 is 0 Å². The number of ether oxygens (including phenoxy) is 1. The Morgan fingerprint density at radius 3 is 2.67 bits per heavy atom. The van der Waals surface area contributed by atoms with Crippen LogP contribution in [0, 0.1) is 11.8 Å². The summed E-state index contributed by atoms with van der Waals surface area (Å²) in [6.45, 7) is 4.40. The highest BCUT2D eigenvalue weighted by Crippen LogP contribution is 2.29. The summed E-state index contributed by atoms with van der Waals surface area (Å²) in [5.41, 5.74) is 5.27. The van der Waals surface area contributed by atoms with Gasteiger partial charge in [0.25, 0.3) is 5.91 Å². The van der Waals surface area contributed by atoms with Gasteiger partial charge in [0.1, 0.15) is 5.75 Å². The summed E-state index contributed by atoms with van der Waals surface area (Å²) in [6.07, 6.45) is 3.56. The summed E-state index contributed by atoms with van der Waals surface area (Å²) in [4.78, 5) is 11.8. The summed E-state index contributed by atoms with van der Waals surface area (Å²) < 4.78 is 5.36. The van der Waals surface area contributed by atoms with Gasteiger partial charge < -0.3 is 10.1 Å². The van der Waals surface area contributed by atoms with E-state index in [9.17, 15) is 4.79 Å². The van der Waals surface area contributed by atoms with Crippen molar-refractivity contribution in [2.45, 2.75) is 39.2 Å². The molecule has 0 spiro atoms. The molecule has 7 heteroatoms. The van der Waals surface area contributed by atoms with Crippen LogP contribution in [0.2, 0.25) is 5.02 Å². The van der Waals surface area contributed by atoms with Gasteiger partial charge in [-0.2, -0.15) is 0 Å². The Morgan fingerprint density at radius 2 is 1.96 bits per heavy atom. The topological polar surface area (TPSA) is 62.4 Å².